The molecule has 0 saturated carbocycles. The minimum Gasteiger partial charge on any atom is -0.326 e. The Labute approximate surface area is 288 Å². The summed E-state index contributed by atoms with van der Waals surface area (Å²) in [5, 5.41) is 6.24. The average Bonchev–Trinajstić information content (AvgIpc) is 3.05. The van der Waals surface area contributed by atoms with Crippen LogP contribution in [0, 0.1) is 0 Å². The van der Waals surface area contributed by atoms with Crippen LogP contribution in [0.5, 0.6) is 0 Å². The van der Waals surface area contributed by atoms with Gasteiger partial charge >= 0.3 is 0 Å². The van der Waals surface area contributed by atoms with Crippen molar-refractivity contribution in [3.8, 4) is 0 Å². The highest BCUT2D eigenvalue weighted by Gasteiger charge is 2.10. The van der Waals surface area contributed by atoms with Gasteiger partial charge in [-0.3, -0.25) is 9.59 Å². The first-order valence-electron chi connectivity index (χ1n) is 19.2. The molecule has 0 saturated heterocycles. The van der Waals surface area contributed by atoms with Crippen molar-refractivity contribution in [1.29, 1.82) is 0 Å². The molecule has 0 aliphatic heterocycles. The first-order valence-corrected chi connectivity index (χ1v) is 19.2. The zero-order chi connectivity index (χ0) is 34.0. The molecular weight excluding hydrogens is 580 g/mol. The summed E-state index contributed by atoms with van der Waals surface area (Å²) in [4.78, 5) is 30.7. The first-order chi connectivity index (χ1) is 23.0. The van der Waals surface area contributed by atoms with Crippen LogP contribution >= 0.6 is 0 Å². The smallest absolute Gasteiger partial charge is 0.224 e. The number of rotatable bonds is 28. The van der Waals surface area contributed by atoms with Crippen molar-refractivity contribution >= 4 is 23.2 Å². The summed E-state index contributed by atoms with van der Waals surface area (Å²) in [6.45, 7) is 15.5. The molecule has 0 unspecified atom stereocenters. The van der Waals surface area contributed by atoms with Gasteiger partial charge in [-0.15, -0.1) is 0 Å². The monoisotopic (exact) mass is 649 g/mol. The number of anilines is 2. The quantitative estimate of drug-likeness (QED) is 0.0902. The van der Waals surface area contributed by atoms with E-state index in [1.54, 1.807) is 0 Å². The Morgan fingerprint density at radius 3 is 1.17 bits per heavy atom. The van der Waals surface area contributed by atoms with Crippen molar-refractivity contribution in [3.63, 3.8) is 0 Å². The summed E-state index contributed by atoms with van der Waals surface area (Å²) in [6.07, 6.45) is 18.6. The van der Waals surface area contributed by atoms with Crippen molar-refractivity contribution in [1.82, 2.24) is 9.80 Å². The number of carbonyl (C=O) groups excluding carboxylic acids is 2. The van der Waals surface area contributed by atoms with Crippen molar-refractivity contribution in [3.05, 3.63) is 59.7 Å². The highest BCUT2D eigenvalue weighted by molar-refractivity contribution is 5.91. The van der Waals surface area contributed by atoms with Crippen molar-refractivity contribution in [2.45, 2.75) is 137 Å². The van der Waals surface area contributed by atoms with Crippen LogP contribution in [0.1, 0.15) is 142 Å². The molecule has 2 rings (SSSR count). The van der Waals surface area contributed by atoms with Gasteiger partial charge < -0.3 is 20.4 Å². The van der Waals surface area contributed by atoms with Crippen LogP contribution in [0.25, 0.3) is 0 Å². The lowest BCUT2D eigenvalue weighted by atomic mass is 10.0. The Morgan fingerprint density at radius 2 is 0.830 bits per heavy atom. The molecule has 0 bridgehead atoms. The maximum Gasteiger partial charge on any atom is 0.224 e. The van der Waals surface area contributed by atoms with Gasteiger partial charge in [0, 0.05) is 24.2 Å². The van der Waals surface area contributed by atoms with Gasteiger partial charge in [0.2, 0.25) is 11.8 Å². The second-order valence-electron chi connectivity index (χ2n) is 13.4. The SMILES string of the molecule is CCCCCN(CCCCC)CCCC(=O)Nc1cccc(Cc2cccc(NC(=O)CCCN(CCCCC)CCCCC)c2)c1. The van der Waals surface area contributed by atoms with E-state index in [1.807, 2.05) is 24.3 Å². The summed E-state index contributed by atoms with van der Waals surface area (Å²) in [5.41, 5.74) is 3.96. The number of unbranched alkanes of at least 4 members (excludes halogenated alkanes) is 8. The minimum absolute atomic E-state index is 0.0824. The van der Waals surface area contributed by atoms with Crippen molar-refractivity contribution in [2.75, 3.05) is 49.9 Å². The highest BCUT2D eigenvalue weighted by Crippen LogP contribution is 2.19. The summed E-state index contributed by atoms with van der Waals surface area (Å²) in [7, 11) is 0. The average molecular weight is 649 g/mol. The molecule has 0 aromatic heterocycles. The van der Waals surface area contributed by atoms with Gasteiger partial charge in [-0.05, 0) is 120 Å². The van der Waals surface area contributed by atoms with E-state index in [9.17, 15) is 9.59 Å². The van der Waals surface area contributed by atoms with Gasteiger partial charge in [0.05, 0.1) is 0 Å². The van der Waals surface area contributed by atoms with E-state index in [0.717, 1.165) is 81.0 Å². The number of benzene rings is 2. The fourth-order valence-corrected chi connectivity index (χ4v) is 6.14. The zero-order valence-corrected chi connectivity index (χ0v) is 30.6. The van der Waals surface area contributed by atoms with Crippen LogP contribution in [-0.4, -0.2) is 60.9 Å². The highest BCUT2D eigenvalue weighted by atomic mass is 16.2. The molecule has 6 heteroatoms. The second-order valence-corrected chi connectivity index (χ2v) is 13.4. The number of nitrogens with one attached hydrogen (secondary N) is 2. The van der Waals surface area contributed by atoms with Gasteiger partial charge in [0.25, 0.3) is 0 Å². The van der Waals surface area contributed by atoms with Crippen LogP contribution in [0.3, 0.4) is 0 Å². The molecule has 2 aromatic rings. The van der Waals surface area contributed by atoms with Crippen molar-refractivity contribution in [2.24, 2.45) is 0 Å². The van der Waals surface area contributed by atoms with E-state index >= 15 is 0 Å². The van der Waals surface area contributed by atoms with E-state index in [-0.39, 0.29) is 11.8 Å². The molecule has 0 aliphatic carbocycles. The topological polar surface area (TPSA) is 64.7 Å². The fraction of sp³-hybridized carbons (Fsp3) is 0.659. The Balaban J connectivity index is 1.81. The number of hydrogen-bond acceptors (Lipinski definition) is 4. The number of amides is 2. The van der Waals surface area contributed by atoms with Gasteiger partial charge in [-0.25, -0.2) is 0 Å². The normalized spacial score (nSPS) is 11.4. The third-order valence-corrected chi connectivity index (χ3v) is 8.90. The molecule has 0 aliphatic rings. The van der Waals surface area contributed by atoms with Gasteiger partial charge in [-0.2, -0.15) is 0 Å². The van der Waals surface area contributed by atoms with E-state index in [1.165, 1.54) is 77.0 Å². The van der Waals surface area contributed by atoms with Crippen LogP contribution in [0.4, 0.5) is 11.4 Å². The Kier molecular flexibility index (Phi) is 22.6. The van der Waals surface area contributed by atoms with E-state index < -0.39 is 0 Å². The molecule has 0 fully saturated rings. The predicted molar refractivity (Wildman–Crippen MR) is 202 cm³/mol. The predicted octanol–water partition coefficient (Wildman–Crippen LogP) is 10.1. The van der Waals surface area contributed by atoms with E-state index in [0.29, 0.717) is 12.8 Å². The summed E-state index contributed by atoms with van der Waals surface area (Å²) >= 11 is 0. The molecule has 2 N–H and O–H groups in total. The molecular formula is C41H68N4O2. The number of nitrogens with zero attached hydrogens (tertiary/aromatic N) is 2. The Hall–Kier alpha value is -2.70. The first kappa shape index (κ1) is 40.5. The molecule has 264 valence electrons. The maximum absolute atomic E-state index is 12.8. The zero-order valence-electron chi connectivity index (χ0n) is 30.6. The minimum atomic E-state index is 0.0824. The summed E-state index contributed by atoms with van der Waals surface area (Å²) in [6, 6.07) is 16.3. The van der Waals surface area contributed by atoms with Gasteiger partial charge in [-0.1, -0.05) is 103 Å². The largest absolute Gasteiger partial charge is 0.326 e. The standard InChI is InChI=1S/C41H68N4O2/c1-5-9-13-27-44(28-14-10-6-2)31-19-25-40(46)42-38-23-17-21-36(34-38)33-37-22-18-24-39(35-37)43-41(47)26-20-32-45(29-15-11-7-3)30-16-12-8-4/h17-18,21-24,34-35H,5-16,19-20,25-33H2,1-4H3,(H,42,46)(H,43,47). The molecule has 2 amide bonds. The molecule has 2 aromatic carbocycles. The molecule has 47 heavy (non-hydrogen) atoms. The maximum atomic E-state index is 12.8. The third-order valence-electron chi connectivity index (χ3n) is 8.90. The molecule has 0 spiro atoms. The third kappa shape index (κ3) is 19.7. The van der Waals surface area contributed by atoms with Crippen molar-refractivity contribution < 1.29 is 9.59 Å². The second kappa shape index (κ2) is 26.3. The molecule has 6 nitrogen and oxygen atoms in total. The van der Waals surface area contributed by atoms with Gasteiger partial charge in [0.15, 0.2) is 0 Å². The summed E-state index contributed by atoms with van der Waals surface area (Å²) < 4.78 is 0. The number of hydrogen-bond donors (Lipinski definition) is 2. The van der Waals surface area contributed by atoms with Gasteiger partial charge in [0.1, 0.15) is 0 Å². The van der Waals surface area contributed by atoms with Crippen LogP contribution < -0.4 is 10.6 Å². The van der Waals surface area contributed by atoms with Crippen LogP contribution in [0.15, 0.2) is 48.5 Å². The Bertz CT molecular complexity index is 999. The van der Waals surface area contributed by atoms with E-state index in [4.69, 9.17) is 0 Å². The molecule has 0 heterocycles. The number of carbonyl (C=O) groups is 2. The van der Waals surface area contributed by atoms with Crippen LogP contribution in [-0.2, 0) is 16.0 Å². The summed E-state index contributed by atoms with van der Waals surface area (Å²) in [5.74, 6) is 0.165. The Morgan fingerprint density at radius 1 is 0.489 bits per heavy atom. The molecule has 0 radical (unpaired) electrons. The fourth-order valence-electron chi connectivity index (χ4n) is 6.14. The molecule has 0 atom stereocenters. The lowest BCUT2D eigenvalue weighted by Crippen LogP contribution is -2.28. The van der Waals surface area contributed by atoms with E-state index in [2.05, 4.69) is 72.4 Å². The lowest BCUT2D eigenvalue weighted by molar-refractivity contribution is -0.117. The van der Waals surface area contributed by atoms with Crippen LogP contribution in [0.2, 0.25) is 0 Å². The lowest BCUT2D eigenvalue weighted by Gasteiger charge is -2.22.